The van der Waals surface area contributed by atoms with E-state index in [1.54, 1.807) is 11.3 Å². The number of hydrogen-bond donors (Lipinski definition) is 0. The van der Waals surface area contributed by atoms with Gasteiger partial charge in [-0.2, -0.15) is 4.98 Å². The molecule has 0 saturated heterocycles. The largest absolute Gasteiger partial charge is 0.332 e. The van der Waals surface area contributed by atoms with Gasteiger partial charge >= 0.3 is 0 Å². The lowest BCUT2D eigenvalue weighted by molar-refractivity contribution is 0.416. The molecule has 0 aliphatic carbocycles. The summed E-state index contributed by atoms with van der Waals surface area (Å²) >= 11 is 1.65. The third-order valence-electron chi connectivity index (χ3n) is 2.17. The number of nitrogens with zero attached hydrogens (tertiary/aromatic N) is 3. The van der Waals surface area contributed by atoms with Crippen molar-refractivity contribution in [2.45, 2.75) is 34.1 Å². The average molecular weight is 237 g/mol. The SMILES string of the molecule is Cc1nc(-c2nc(CC(C)C)no2)c(C)s1. The van der Waals surface area contributed by atoms with Crippen LogP contribution in [0.2, 0.25) is 0 Å². The Morgan fingerprint density at radius 2 is 2.00 bits per heavy atom. The van der Waals surface area contributed by atoms with E-state index in [0.717, 1.165) is 27.8 Å². The van der Waals surface area contributed by atoms with Gasteiger partial charge in [-0.3, -0.25) is 0 Å². The molecule has 0 spiro atoms. The molecule has 4 nitrogen and oxygen atoms in total. The summed E-state index contributed by atoms with van der Waals surface area (Å²) < 4.78 is 5.23. The molecule has 0 amide bonds. The molecule has 0 fully saturated rings. The fraction of sp³-hybridized carbons (Fsp3) is 0.545. The smallest absolute Gasteiger partial charge is 0.277 e. The molecule has 0 radical (unpaired) electrons. The maximum Gasteiger partial charge on any atom is 0.277 e. The van der Waals surface area contributed by atoms with Crippen molar-refractivity contribution in [3.05, 3.63) is 15.7 Å². The van der Waals surface area contributed by atoms with Crippen LogP contribution in [0, 0.1) is 19.8 Å². The summed E-state index contributed by atoms with van der Waals surface area (Å²) in [5.74, 6) is 1.83. The monoisotopic (exact) mass is 237 g/mol. The van der Waals surface area contributed by atoms with E-state index < -0.39 is 0 Å². The fourth-order valence-corrected chi connectivity index (χ4v) is 2.34. The lowest BCUT2D eigenvalue weighted by atomic mass is 10.1. The van der Waals surface area contributed by atoms with Crippen LogP contribution in [0.4, 0.5) is 0 Å². The predicted octanol–water partition coefficient (Wildman–Crippen LogP) is 3.01. The van der Waals surface area contributed by atoms with Gasteiger partial charge in [0.1, 0.15) is 5.69 Å². The molecule has 5 heteroatoms. The summed E-state index contributed by atoms with van der Waals surface area (Å²) in [6, 6.07) is 0. The molecule has 2 aromatic rings. The van der Waals surface area contributed by atoms with Crippen molar-refractivity contribution in [2.75, 3.05) is 0 Å². The minimum atomic E-state index is 0.531. The number of aryl methyl sites for hydroxylation is 2. The van der Waals surface area contributed by atoms with E-state index in [2.05, 4.69) is 29.0 Å². The average Bonchev–Trinajstić information content (AvgIpc) is 2.72. The molecular weight excluding hydrogens is 222 g/mol. The van der Waals surface area contributed by atoms with Crippen LogP contribution >= 0.6 is 11.3 Å². The zero-order valence-electron chi connectivity index (χ0n) is 9.94. The molecule has 0 aromatic carbocycles. The number of thiazole rings is 1. The first-order valence-corrected chi connectivity index (χ1v) is 6.15. The second-order valence-corrected chi connectivity index (χ2v) is 5.66. The minimum absolute atomic E-state index is 0.531. The minimum Gasteiger partial charge on any atom is -0.332 e. The molecule has 86 valence electrons. The molecule has 0 aliphatic rings. The van der Waals surface area contributed by atoms with Crippen LogP contribution in [0.3, 0.4) is 0 Å². The van der Waals surface area contributed by atoms with Gasteiger partial charge in [-0.25, -0.2) is 4.98 Å². The van der Waals surface area contributed by atoms with E-state index in [4.69, 9.17) is 4.52 Å². The molecule has 16 heavy (non-hydrogen) atoms. The predicted molar refractivity (Wildman–Crippen MR) is 63.4 cm³/mol. The van der Waals surface area contributed by atoms with Crippen molar-refractivity contribution in [1.82, 2.24) is 15.1 Å². The van der Waals surface area contributed by atoms with E-state index in [-0.39, 0.29) is 0 Å². The highest BCUT2D eigenvalue weighted by atomic mass is 32.1. The summed E-state index contributed by atoms with van der Waals surface area (Å²) in [7, 11) is 0. The molecule has 0 unspecified atom stereocenters. The number of rotatable bonds is 3. The summed E-state index contributed by atoms with van der Waals surface area (Å²) in [6.07, 6.45) is 0.839. The Morgan fingerprint density at radius 1 is 1.25 bits per heavy atom. The Labute approximate surface area is 98.7 Å². The quantitative estimate of drug-likeness (QED) is 0.823. The first-order chi connectivity index (χ1) is 7.56. The van der Waals surface area contributed by atoms with E-state index in [1.165, 1.54) is 0 Å². The first-order valence-electron chi connectivity index (χ1n) is 5.33. The van der Waals surface area contributed by atoms with Crippen molar-refractivity contribution in [2.24, 2.45) is 5.92 Å². The molecule has 2 heterocycles. The zero-order chi connectivity index (χ0) is 11.7. The lowest BCUT2D eigenvalue weighted by Gasteiger charge is -1.95. The van der Waals surface area contributed by atoms with Gasteiger partial charge in [-0.1, -0.05) is 19.0 Å². The van der Waals surface area contributed by atoms with Gasteiger partial charge in [0.2, 0.25) is 0 Å². The molecule has 0 aliphatic heterocycles. The van der Waals surface area contributed by atoms with Crippen LogP contribution in [-0.4, -0.2) is 15.1 Å². The molecule has 0 atom stereocenters. The standard InChI is InChI=1S/C11H15N3OS/c1-6(2)5-9-13-11(15-14-9)10-7(3)16-8(4)12-10/h6H,5H2,1-4H3. The van der Waals surface area contributed by atoms with Crippen molar-refractivity contribution >= 4 is 11.3 Å². The summed E-state index contributed by atoms with van der Waals surface area (Å²) in [4.78, 5) is 9.88. The van der Waals surface area contributed by atoms with E-state index in [0.29, 0.717) is 11.8 Å². The Hall–Kier alpha value is -1.23. The molecule has 2 rings (SSSR count). The lowest BCUT2D eigenvalue weighted by Crippen LogP contribution is -1.95. The first kappa shape index (κ1) is 11.3. The second-order valence-electron chi connectivity index (χ2n) is 4.25. The van der Waals surface area contributed by atoms with Gasteiger partial charge < -0.3 is 4.52 Å². The maximum absolute atomic E-state index is 5.23. The third kappa shape index (κ3) is 2.29. The van der Waals surface area contributed by atoms with Crippen molar-refractivity contribution in [1.29, 1.82) is 0 Å². The van der Waals surface area contributed by atoms with Gasteiger partial charge in [-0.15, -0.1) is 11.3 Å². The van der Waals surface area contributed by atoms with E-state index in [1.807, 2.05) is 13.8 Å². The topological polar surface area (TPSA) is 51.8 Å². The van der Waals surface area contributed by atoms with Gasteiger partial charge in [0.15, 0.2) is 5.82 Å². The van der Waals surface area contributed by atoms with Crippen LogP contribution in [-0.2, 0) is 6.42 Å². The van der Waals surface area contributed by atoms with Gasteiger partial charge in [-0.05, 0) is 19.8 Å². The number of hydrogen-bond acceptors (Lipinski definition) is 5. The summed E-state index contributed by atoms with van der Waals surface area (Å²) in [6.45, 7) is 8.27. The molecule has 2 aromatic heterocycles. The van der Waals surface area contributed by atoms with Crippen LogP contribution in [0.1, 0.15) is 29.6 Å². The highest BCUT2D eigenvalue weighted by Crippen LogP contribution is 2.25. The Bertz CT molecular complexity index is 487. The van der Waals surface area contributed by atoms with E-state index >= 15 is 0 Å². The molecule has 0 N–H and O–H groups in total. The molecule has 0 bridgehead atoms. The van der Waals surface area contributed by atoms with E-state index in [9.17, 15) is 0 Å². The normalized spacial score (nSPS) is 11.3. The van der Waals surface area contributed by atoms with Crippen LogP contribution in [0.25, 0.3) is 11.6 Å². The molecular formula is C11H15N3OS. The zero-order valence-corrected chi connectivity index (χ0v) is 10.8. The van der Waals surface area contributed by atoms with Gasteiger partial charge in [0.25, 0.3) is 5.89 Å². The Balaban J connectivity index is 2.28. The second kappa shape index (κ2) is 4.33. The van der Waals surface area contributed by atoms with Crippen molar-refractivity contribution < 1.29 is 4.52 Å². The highest BCUT2D eigenvalue weighted by molar-refractivity contribution is 7.11. The van der Waals surface area contributed by atoms with Crippen molar-refractivity contribution in [3.8, 4) is 11.6 Å². The number of aromatic nitrogens is 3. The fourth-order valence-electron chi connectivity index (χ4n) is 1.53. The summed E-state index contributed by atoms with van der Waals surface area (Å²) in [5.41, 5.74) is 0.824. The van der Waals surface area contributed by atoms with Gasteiger partial charge in [0, 0.05) is 11.3 Å². The van der Waals surface area contributed by atoms with Crippen LogP contribution < -0.4 is 0 Å². The van der Waals surface area contributed by atoms with Crippen LogP contribution in [0.5, 0.6) is 0 Å². The van der Waals surface area contributed by atoms with Gasteiger partial charge in [0.05, 0.1) is 5.01 Å². The molecule has 0 saturated carbocycles. The van der Waals surface area contributed by atoms with Crippen molar-refractivity contribution in [3.63, 3.8) is 0 Å². The maximum atomic E-state index is 5.23. The summed E-state index contributed by atoms with van der Waals surface area (Å²) in [5, 5.41) is 4.99. The Morgan fingerprint density at radius 3 is 2.56 bits per heavy atom. The van der Waals surface area contributed by atoms with Crippen LogP contribution in [0.15, 0.2) is 4.52 Å². The third-order valence-corrected chi connectivity index (χ3v) is 3.05. The highest BCUT2D eigenvalue weighted by Gasteiger charge is 2.15. The Kier molecular flexibility index (Phi) is 3.05.